The summed E-state index contributed by atoms with van der Waals surface area (Å²) in [6, 6.07) is 21.9. The second-order valence-corrected chi connectivity index (χ2v) is 8.55. The lowest BCUT2D eigenvalue weighted by atomic mass is 9.99. The number of carbonyl (C=O) groups is 1. The topological polar surface area (TPSA) is 62.8 Å². The van der Waals surface area contributed by atoms with Crippen molar-refractivity contribution in [2.24, 2.45) is 0 Å². The van der Waals surface area contributed by atoms with Crippen LogP contribution in [-0.4, -0.2) is 45.7 Å². The molecule has 3 aromatic carbocycles. The Kier molecular flexibility index (Phi) is 7.18. The molecule has 1 heterocycles. The molecule has 0 bridgehead atoms. The summed E-state index contributed by atoms with van der Waals surface area (Å²) in [7, 11) is 7.36. The summed E-state index contributed by atoms with van der Waals surface area (Å²) >= 11 is 0. The van der Waals surface area contributed by atoms with Crippen molar-refractivity contribution < 1.29 is 14.3 Å². The van der Waals surface area contributed by atoms with Crippen molar-refractivity contribution in [3.8, 4) is 11.5 Å². The Bertz CT molecular complexity index is 1190. The number of anilines is 2. The standard InChI is InChI=1S/C28H31N3O3/c1-31(2)16-8-9-19-12-14-21(15-13-19)29-27(20-10-6-5-7-11-20)26-22-17-24(33-3)25(34-4)18-23(22)30-28(26)32/h5-7,10-15,17-18,29H,8-9,16H2,1-4H3,(H,30,32)/b27-26-. The maximum Gasteiger partial charge on any atom is 0.258 e. The van der Waals surface area contributed by atoms with E-state index in [9.17, 15) is 4.79 Å². The average Bonchev–Trinajstić information content (AvgIpc) is 3.17. The third kappa shape index (κ3) is 5.07. The first-order valence-corrected chi connectivity index (χ1v) is 11.4. The van der Waals surface area contributed by atoms with Gasteiger partial charge in [0.05, 0.1) is 31.2 Å². The fourth-order valence-corrected chi connectivity index (χ4v) is 4.13. The van der Waals surface area contributed by atoms with Crippen molar-refractivity contribution in [2.75, 3.05) is 45.5 Å². The van der Waals surface area contributed by atoms with E-state index in [0.29, 0.717) is 22.8 Å². The smallest absolute Gasteiger partial charge is 0.258 e. The Morgan fingerprint density at radius 1 is 0.941 bits per heavy atom. The largest absolute Gasteiger partial charge is 0.493 e. The summed E-state index contributed by atoms with van der Waals surface area (Å²) in [4.78, 5) is 15.4. The molecule has 1 aliphatic rings. The van der Waals surface area contributed by atoms with Crippen LogP contribution in [0, 0.1) is 0 Å². The molecule has 176 valence electrons. The van der Waals surface area contributed by atoms with E-state index in [-0.39, 0.29) is 5.91 Å². The molecule has 0 radical (unpaired) electrons. The predicted octanol–water partition coefficient (Wildman–Crippen LogP) is 5.13. The van der Waals surface area contributed by atoms with Crippen LogP contribution in [0.2, 0.25) is 0 Å². The van der Waals surface area contributed by atoms with E-state index in [1.54, 1.807) is 20.3 Å². The molecular weight excluding hydrogens is 426 g/mol. The van der Waals surface area contributed by atoms with Gasteiger partial charge in [0.1, 0.15) is 0 Å². The normalized spacial score (nSPS) is 14.0. The Balaban J connectivity index is 1.72. The van der Waals surface area contributed by atoms with Crippen LogP contribution in [0.15, 0.2) is 66.7 Å². The van der Waals surface area contributed by atoms with Gasteiger partial charge in [-0.25, -0.2) is 0 Å². The van der Waals surface area contributed by atoms with Crippen LogP contribution >= 0.6 is 0 Å². The van der Waals surface area contributed by atoms with Gasteiger partial charge in [0, 0.05) is 17.3 Å². The molecule has 6 heteroatoms. The molecular formula is C28H31N3O3. The van der Waals surface area contributed by atoms with Gasteiger partial charge in [-0.2, -0.15) is 0 Å². The number of fused-ring (bicyclic) bond motifs is 1. The van der Waals surface area contributed by atoms with Crippen LogP contribution in [-0.2, 0) is 11.2 Å². The van der Waals surface area contributed by atoms with E-state index >= 15 is 0 Å². The molecule has 3 aromatic rings. The Hall–Kier alpha value is -3.77. The number of carbonyl (C=O) groups excluding carboxylic acids is 1. The van der Waals surface area contributed by atoms with Crippen LogP contribution in [0.1, 0.15) is 23.1 Å². The van der Waals surface area contributed by atoms with Gasteiger partial charge in [-0.1, -0.05) is 42.5 Å². The number of hydrogen-bond acceptors (Lipinski definition) is 5. The van der Waals surface area contributed by atoms with Crippen molar-refractivity contribution >= 4 is 28.6 Å². The van der Waals surface area contributed by atoms with Gasteiger partial charge in [-0.05, 0) is 62.8 Å². The maximum atomic E-state index is 13.2. The molecule has 0 fully saturated rings. The summed E-state index contributed by atoms with van der Waals surface area (Å²) in [5, 5.41) is 6.49. The van der Waals surface area contributed by atoms with E-state index < -0.39 is 0 Å². The van der Waals surface area contributed by atoms with Crippen LogP contribution in [0.4, 0.5) is 11.4 Å². The van der Waals surface area contributed by atoms with Crippen molar-refractivity contribution in [3.63, 3.8) is 0 Å². The number of amides is 1. The molecule has 0 unspecified atom stereocenters. The number of rotatable bonds is 9. The molecule has 0 aromatic heterocycles. The molecule has 34 heavy (non-hydrogen) atoms. The fraction of sp³-hybridized carbons (Fsp3) is 0.250. The minimum absolute atomic E-state index is 0.169. The molecule has 0 saturated heterocycles. The minimum Gasteiger partial charge on any atom is -0.493 e. The molecule has 2 N–H and O–H groups in total. The Labute approximate surface area is 201 Å². The number of aryl methyl sites for hydroxylation is 1. The summed E-state index contributed by atoms with van der Waals surface area (Å²) in [6.07, 6.45) is 2.14. The fourth-order valence-electron chi connectivity index (χ4n) is 4.13. The highest BCUT2D eigenvalue weighted by Crippen LogP contribution is 2.43. The van der Waals surface area contributed by atoms with Gasteiger partial charge in [0.25, 0.3) is 5.91 Å². The summed E-state index contributed by atoms with van der Waals surface area (Å²) in [6.45, 7) is 1.06. The highest BCUT2D eigenvalue weighted by Gasteiger charge is 2.30. The van der Waals surface area contributed by atoms with E-state index in [2.05, 4.69) is 53.9 Å². The van der Waals surface area contributed by atoms with Gasteiger partial charge in [0.15, 0.2) is 11.5 Å². The van der Waals surface area contributed by atoms with E-state index in [4.69, 9.17) is 9.47 Å². The third-order valence-electron chi connectivity index (χ3n) is 5.87. The first-order chi connectivity index (χ1) is 16.5. The molecule has 0 spiro atoms. The molecule has 0 aliphatic carbocycles. The van der Waals surface area contributed by atoms with Gasteiger partial charge in [-0.15, -0.1) is 0 Å². The first kappa shape index (κ1) is 23.4. The molecule has 1 aliphatic heterocycles. The van der Waals surface area contributed by atoms with Gasteiger partial charge < -0.3 is 25.0 Å². The molecule has 0 saturated carbocycles. The monoisotopic (exact) mass is 457 g/mol. The Morgan fingerprint density at radius 2 is 1.62 bits per heavy atom. The van der Waals surface area contributed by atoms with Crippen molar-refractivity contribution in [3.05, 3.63) is 83.4 Å². The number of hydrogen-bond donors (Lipinski definition) is 2. The Morgan fingerprint density at radius 3 is 2.26 bits per heavy atom. The van der Waals surface area contributed by atoms with Crippen molar-refractivity contribution in [1.29, 1.82) is 0 Å². The second-order valence-electron chi connectivity index (χ2n) is 8.55. The number of ether oxygens (including phenoxy) is 2. The van der Waals surface area contributed by atoms with E-state index in [1.165, 1.54) is 5.56 Å². The van der Waals surface area contributed by atoms with E-state index in [0.717, 1.165) is 41.9 Å². The summed E-state index contributed by atoms with van der Waals surface area (Å²) in [5.41, 5.74) is 5.91. The molecule has 4 rings (SSSR count). The number of nitrogens with one attached hydrogen (secondary N) is 2. The maximum absolute atomic E-state index is 13.2. The molecule has 6 nitrogen and oxygen atoms in total. The van der Waals surface area contributed by atoms with Crippen LogP contribution < -0.4 is 20.1 Å². The highest BCUT2D eigenvalue weighted by molar-refractivity contribution is 6.37. The number of nitrogens with zero attached hydrogens (tertiary/aromatic N) is 1. The zero-order chi connectivity index (χ0) is 24.1. The van der Waals surface area contributed by atoms with Crippen LogP contribution in [0.25, 0.3) is 11.3 Å². The summed E-state index contributed by atoms with van der Waals surface area (Å²) < 4.78 is 10.9. The zero-order valence-corrected chi connectivity index (χ0v) is 20.1. The first-order valence-electron chi connectivity index (χ1n) is 11.4. The average molecular weight is 458 g/mol. The molecule has 0 atom stereocenters. The molecule has 1 amide bonds. The quantitative estimate of drug-likeness (QED) is 0.436. The van der Waals surface area contributed by atoms with Gasteiger partial charge in [-0.3, -0.25) is 4.79 Å². The number of benzene rings is 3. The zero-order valence-electron chi connectivity index (χ0n) is 20.1. The highest BCUT2D eigenvalue weighted by atomic mass is 16.5. The lowest BCUT2D eigenvalue weighted by Gasteiger charge is -2.16. The van der Waals surface area contributed by atoms with Crippen molar-refractivity contribution in [1.82, 2.24) is 4.90 Å². The van der Waals surface area contributed by atoms with Crippen LogP contribution in [0.3, 0.4) is 0 Å². The third-order valence-corrected chi connectivity index (χ3v) is 5.87. The van der Waals surface area contributed by atoms with Gasteiger partial charge in [0.2, 0.25) is 0 Å². The minimum atomic E-state index is -0.169. The second kappa shape index (κ2) is 10.4. The summed E-state index contributed by atoms with van der Waals surface area (Å²) in [5.74, 6) is 0.976. The van der Waals surface area contributed by atoms with Crippen LogP contribution in [0.5, 0.6) is 11.5 Å². The van der Waals surface area contributed by atoms with Crippen molar-refractivity contribution in [2.45, 2.75) is 12.8 Å². The van der Waals surface area contributed by atoms with E-state index in [1.807, 2.05) is 36.4 Å². The number of methoxy groups -OCH3 is 2. The van der Waals surface area contributed by atoms with Gasteiger partial charge >= 0.3 is 0 Å². The SMILES string of the molecule is COc1cc2c(cc1OC)/C(=C(/Nc1ccc(CCCN(C)C)cc1)c1ccccc1)C(=O)N2. The lowest BCUT2D eigenvalue weighted by Crippen LogP contribution is -2.13. The lowest BCUT2D eigenvalue weighted by molar-refractivity contribution is -0.110. The predicted molar refractivity (Wildman–Crippen MR) is 138 cm³/mol.